The molecule has 1 atom stereocenters. The molecule has 5 nitrogen and oxygen atoms in total. The lowest BCUT2D eigenvalue weighted by Gasteiger charge is -2.27. The van der Waals surface area contributed by atoms with E-state index in [1.54, 1.807) is 13.8 Å². The van der Waals surface area contributed by atoms with E-state index in [1.165, 1.54) is 0 Å². The maximum atomic E-state index is 11.7. The van der Waals surface area contributed by atoms with Crippen molar-refractivity contribution in [2.75, 3.05) is 25.0 Å². The van der Waals surface area contributed by atoms with E-state index >= 15 is 0 Å². The lowest BCUT2D eigenvalue weighted by Crippen LogP contribution is -2.46. The van der Waals surface area contributed by atoms with Crippen LogP contribution in [0.4, 0.5) is 5.69 Å². The molecule has 1 aromatic rings. The lowest BCUT2D eigenvalue weighted by molar-refractivity contribution is -0.136. The van der Waals surface area contributed by atoms with Gasteiger partial charge in [0, 0.05) is 24.2 Å². The molecule has 0 fully saturated rings. The van der Waals surface area contributed by atoms with Crippen molar-refractivity contribution in [2.24, 2.45) is 5.41 Å². The fourth-order valence-electron chi connectivity index (χ4n) is 1.49. The van der Waals surface area contributed by atoms with Gasteiger partial charge in [-0.3, -0.25) is 4.79 Å². The average Bonchev–Trinajstić information content (AvgIpc) is 2.43. The van der Waals surface area contributed by atoms with Crippen molar-refractivity contribution in [1.29, 1.82) is 0 Å². The van der Waals surface area contributed by atoms with Crippen LogP contribution in [0.1, 0.15) is 13.8 Å². The lowest BCUT2D eigenvalue weighted by atomic mass is 9.87. The van der Waals surface area contributed by atoms with Gasteiger partial charge in [-0.1, -0.05) is 32.0 Å². The summed E-state index contributed by atoms with van der Waals surface area (Å²) >= 11 is 0. The quantitative estimate of drug-likeness (QED) is 0.545. The Hall–Kier alpha value is -1.59. The highest BCUT2D eigenvalue weighted by Gasteiger charge is 2.32. The number of aliphatic hydroxyl groups excluding tert-OH is 2. The van der Waals surface area contributed by atoms with E-state index in [-0.39, 0.29) is 6.61 Å². The second-order valence-electron chi connectivity index (χ2n) is 5.13. The molecule has 0 bridgehead atoms. The van der Waals surface area contributed by atoms with Gasteiger partial charge in [-0.25, -0.2) is 0 Å². The highest BCUT2D eigenvalue weighted by molar-refractivity contribution is 5.81. The van der Waals surface area contributed by atoms with E-state index in [0.29, 0.717) is 13.1 Å². The van der Waals surface area contributed by atoms with Crippen molar-refractivity contribution in [3.8, 4) is 0 Å². The molecule has 0 saturated carbocycles. The SMILES string of the molecule is CC(C)(CO)C(O)C(=O)NCCNc1ccccc1. The van der Waals surface area contributed by atoms with Gasteiger partial charge in [0.05, 0.1) is 6.61 Å². The highest BCUT2D eigenvalue weighted by Crippen LogP contribution is 2.19. The Morgan fingerprint density at radius 1 is 1.26 bits per heavy atom. The van der Waals surface area contributed by atoms with Crippen LogP contribution in [0.3, 0.4) is 0 Å². The number of carbonyl (C=O) groups is 1. The molecule has 106 valence electrons. The fourth-order valence-corrected chi connectivity index (χ4v) is 1.49. The van der Waals surface area contributed by atoms with Gasteiger partial charge < -0.3 is 20.8 Å². The van der Waals surface area contributed by atoms with Gasteiger partial charge in [-0.2, -0.15) is 0 Å². The molecular formula is C14H22N2O3. The predicted octanol–water partition coefficient (Wildman–Crippen LogP) is 0.594. The number of benzene rings is 1. The largest absolute Gasteiger partial charge is 0.396 e. The summed E-state index contributed by atoms with van der Waals surface area (Å²) < 4.78 is 0. The zero-order valence-electron chi connectivity index (χ0n) is 11.4. The van der Waals surface area contributed by atoms with E-state index in [2.05, 4.69) is 10.6 Å². The van der Waals surface area contributed by atoms with Crippen molar-refractivity contribution in [1.82, 2.24) is 5.32 Å². The Bertz CT molecular complexity index is 393. The van der Waals surface area contributed by atoms with Crippen LogP contribution in [0.15, 0.2) is 30.3 Å². The summed E-state index contributed by atoms with van der Waals surface area (Å²) in [5.74, 6) is -0.464. The number of nitrogens with one attached hydrogen (secondary N) is 2. The second-order valence-corrected chi connectivity index (χ2v) is 5.13. The first kappa shape index (κ1) is 15.5. The van der Waals surface area contributed by atoms with Gasteiger partial charge in [-0.05, 0) is 12.1 Å². The number of rotatable bonds is 7. The van der Waals surface area contributed by atoms with Gasteiger partial charge in [0.15, 0.2) is 0 Å². The minimum Gasteiger partial charge on any atom is -0.396 e. The molecule has 1 rings (SSSR count). The van der Waals surface area contributed by atoms with E-state index in [1.807, 2.05) is 30.3 Å². The Balaban J connectivity index is 2.28. The number of anilines is 1. The number of hydrogen-bond acceptors (Lipinski definition) is 4. The Morgan fingerprint density at radius 2 is 1.89 bits per heavy atom. The second kappa shape index (κ2) is 7.11. The third-order valence-corrected chi connectivity index (χ3v) is 2.92. The Morgan fingerprint density at radius 3 is 2.47 bits per heavy atom. The maximum Gasteiger partial charge on any atom is 0.249 e. The van der Waals surface area contributed by atoms with Crippen molar-refractivity contribution < 1.29 is 15.0 Å². The topological polar surface area (TPSA) is 81.6 Å². The van der Waals surface area contributed by atoms with E-state index < -0.39 is 17.4 Å². The standard InChI is InChI=1S/C14H22N2O3/c1-14(2,10-17)12(18)13(19)16-9-8-15-11-6-4-3-5-7-11/h3-7,12,15,17-18H,8-10H2,1-2H3,(H,16,19). The van der Waals surface area contributed by atoms with Gasteiger partial charge in [-0.15, -0.1) is 0 Å². The maximum absolute atomic E-state index is 11.7. The fraction of sp³-hybridized carbons (Fsp3) is 0.500. The molecule has 0 heterocycles. The summed E-state index contributed by atoms with van der Waals surface area (Å²) in [6.07, 6.45) is -1.21. The first-order chi connectivity index (χ1) is 8.97. The summed E-state index contributed by atoms with van der Waals surface area (Å²) in [6, 6.07) is 9.65. The van der Waals surface area contributed by atoms with Crippen LogP contribution in [-0.2, 0) is 4.79 Å². The van der Waals surface area contributed by atoms with Gasteiger partial charge >= 0.3 is 0 Å². The number of carbonyl (C=O) groups excluding carboxylic acids is 1. The van der Waals surface area contributed by atoms with Gasteiger partial charge in [0.1, 0.15) is 6.10 Å². The van der Waals surface area contributed by atoms with Crippen molar-refractivity contribution in [2.45, 2.75) is 20.0 Å². The van der Waals surface area contributed by atoms with Crippen molar-refractivity contribution >= 4 is 11.6 Å². The van der Waals surface area contributed by atoms with Crippen LogP contribution in [-0.4, -0.2) is 41.9 Å². The first-order valence-electron chi connectivity index (χ1n) is 6.33. The number of hydrogen-bond donors (Lipinski definition) is 4. The van der Waals surface area contributed by atoms with Crippen LogP contribution in [0.25, 0.3) is 0 Å². The molecule has 4 N–H and O–H groups in total. The molecule has 0 aliphatic carbocycles. The third kappa shape index (κ3) is 4.89. The monoisotopic (exact) mass is 266 g/mol. The van der Waals surface area contributed by atoms with Gasteiger partial charge in [0.2, 0.25) is 5.91 Å². The summed E-state index contributed by atoms with van der Waals surface area (Å²) in [4.78, 5) is 11.7. The molecule has 0 saturated heterocycles. The molecule has 1 unspecified atom stereocenters. The molecule has 0 radical (unpaired) electrons. The van der Waals surface area contributed by atoms with Crippen LogP contribution >= 0.6 is 0 Å². The molecule has 0 aliphatic heterocycles. The normalized spacial score (nSPS) is 12.8. The molecule has 0 aromatic heterocycles. The molecule has 1 amide bonds. The van der Waals surface area contributed by atoms with E-state index in [0.717, 1.165) is 5.69 Å². The van der Waals surface area contributed by atoms with Crippen LogP contribution in [0, 0.1) is 5.41 Å². The molecule has 19 heavy (non-hydrogen) atoms. The first-order valence-corrected chi connectivity index (χ1v) is 6.33. The zero-order chi connectivity index (χ0) is 14.3. The smallest absolute Gasteiger partial charge is 0.249 e. The molecule has 1 aromatic carbocycles. The van der Waals surface area contributed by atoms with E-state index in [9.17, 15) is 9.90 Å². The summed E-state index contributed by atoms with van der Waals surface area (Å²) in [5.41, 5.74) is 0.143. The summed E-state index contributed by atoms with van der Waals surface area (Å²) in [6.45, 7) is 4.01. The van der Waals surface area contributed by atoms with Gasteiger partial charge in [0.25, 0.3) is 0 Å². The minimum atomic E-state index is -1.21. The summed E-state index contributed by atoms with van der Waals surface area (Å²) in [5, 5.41) is 24.6. The number of amides is 1. The number of para-hydroxylation sites is 1. The van der Waals surface area contributed by atoms with Crippen LogP contribution < -0.4 is 10.6 Å². The average molecular weight is 266 g/mol. The van der Waals surface area contributed by atoms with Crippen molar-refractivity contribution in [3.63, 3.8) is 0 Å². The number of aliphatic hydroxyl groups is 2. The summed E-state index contributed by atoms with van der Waals surface area (Å²) in [7, 11) is 0. The van der Waals surface area contributed by atoms with Crippen LogP contribution in [0.2, 0.25) is 0 Å². The molecular weight excluding hydrogens is 244 g/mol. The molecule has 5 heteroatoms. The van der Waals surface area contributed by atoms with E-state index in [4.69, 9.17) is 5.11 Å². The molecule has 0 aliphatic rings. The zero-order valence-corrected chi connectivity index (χ0v) is 11.4. The van der Waals surface area contributed by atoms with Crippen LogP contribution in [0.5, 0.6) is 0 Å². The highest BCUT2D eigenvalue weighted by atomic mass is 16.3. The Labute approximate surface area is 113 Å². The third-order valence-electron chi connectivity index (χ3n) is 2.92. The molecule has 0 spiro atoms. The minimum absolute atomic E-state index is 0.246. The predicted molar refractivity (Wildman–Crippen MR) is 74.8 cm³/mol. The Kier molecular flexibility index (Phi) is 5.79. The van der Waals surface area contributed by atoms with Crippen molar-refractivity contribution in [3.05, 3.63) is 30.3 Å².